The molecule has 50 valence electrons. The molecule has 4 nitrogen and oxygen atoms in total. The quantitative estimate of drug-likeness (QED) is 0.251. The van der Waals surface area contributed by atoms with Gasteiger partial charge in [-0.3, -0.25) is 0 Å². The first-order valence-corrected chi connectivity index (χ1v) is 2.45. The third kappa shape index (κ3) is 1.84. The Labute approximate surface area is 70.7 Å². The van der Waals surface area contributed by atoms with Crippen LogP contribution in [0.4, 0.5) is 0 Å². The van der Waals surface area contributed by atoms with Crippen molar-refractivity contribution in [2.45, 2.75) is 0 Å². The Hall–Kier alpha value is -0.827. The second-order valence-corrected chi connectivity index (χ2v) is 1.53. The van der Waals surface area contributed by atoms with Gasteiger partial charge in [-0.15, -0.1) is 0 Å². The van der Waals surface area contributed by atoms with E-state index in [1.54, 1.807) is 18.2 Å². The Morgan fingerprint density at radius 3 is 2.60 bits per heavy atom. The fourth-order valence-electron chi connectivity index (χ4n) is 0.528. The van der Waals surface area contributed by atoms with Crippen molar-refractivity contribution in [3.63, 3.8) is 0 Å². The molecule has 0 bridgehead atoms. The molecule has 0 aliphatic carbocycles. The molecule has 0 fully saturated rings. The molecule has 1 rings (SSSR count). The second kappa shape index (κ2) is 4.06. The normalized spacial score (nSPS) is 10.6. The Balaban J connectivity index is 0.000000810. The van der Waals surface area contributed by atoms with Gasteiger partial charge in [-0.2, -0.15) is 9.83 Å². The molecule has 0 spiro atoms. The van der Waals surface area contributed by atoms with Crippen LogP contribution >= 0.6 is 0 Å². The van der Waals surface area contributed by atoms with Crippen LogP contribution in [-0.4, -0.2) is 9.94 Å². The largest absolute Gasteiger partial charge is 0.427 e. The molecule has 5 heteroatoms. The molecule has 0 aliphatic heterocycles. The molecular weight excluding hydrogens is 183 g/mol. The van der Waals surface area contributed by atoms with Crippen molar-refractivity contribution in [2.24, 2.45) is 10.9 Å². The van der Waals surface area contributed by atoms with Gasteiger partial charge >= 0.3 is 0 Å². The summed E-state index contributed by atoms with van der Waals surface area (Å²) in [5.74, 6) is 4.89. The number of hydrogen-bond acceptors (Lipinski definition) is 3. The minimum atomic E-state index is 0. The van der Waals surface area contributed by atoms with E-state index in [-0.39, 0.29) is 19.5 Å². The van der Waals surface area contributed by atoms with E-state index in [0.717, 1.165) is 4.73 Å². The van der Waals surface area contributed by atoms with Crippen LogP contribution < -0.4 is 11.3 Å². The third-order valence-corrected chi connectivity index (χ3v) is 0.951. The molecule has 0 amide bonds. The first kappa shape index (κ1) is 9.17. The molecule has 1 heterocycles. The van der Waals surface area contributed by atoms with Crippen molar-refractivity contribution in [1.82, 2.24) is 4.73 Å². The standard InChI is InChI=1S/C5H7N3O.Zn/c6-7-5-3-1-2-4-8(5)9;/h1-4,9H,6H2;. The van der Waals surface area contributed by atoms with E-state index >= 15 is 0 Å². The van der Waals surface area contributed by atoms with Crippen LogP contribution in [0.3, 0.4) is 0 Å². The monoisotopic (exact) mass is 189 g/mol. The number of nitrogens with zero attached hydrogens (tertiary/aromatic N) is 2. The Morgan fingerprint density at radius 1 is 1.50 bits per heavy atom. The van der Waals surface area contributed by atoms with Gasteiger partial charge in [0.25, 0.3) is 0 Å². The number of hydrogen-bond donors (Lipinski definition) is 2. The molecule has 0 aliphatic rings. The molecule has 1 aromatic rings. The van der Waals surface area contributed by atoms with Crippen molar-refractivity contribution in [3.05, 3.63) is 29.9 Å². The van der Waals surface area contributed by atoms with Gasteiger partial charge in [0.15, 0.2) is 5.49 Å². The van der Waals surface area contributed by atoms with Crippen molar-refractivity contribution >= 4 is 0 Å². The van der Waals surface area contributed by atoms with Gasteiger partial charge in [0.2, 0.25) is 0 Å². The Bertz CT molecular complexity index is 257. The van der Waals surface area contributed by atoms with Gasteiger partial charge in [0, 0.05) is 25.7 Å². The molecule has 1 aromatic heterocycles. The van der Waals surface area contributed by atoms with Crippen molar-refractivity contribution < 1.29 is 24.7 Å². The van der Waals surface area contributed by atoms with Crippen LogP contribution in [0, 0.1) is 0 Å². The first-order valence-electron chi connectivity index (χ1n) is 2.45. The smallest absolute Gasteiger partial charge is 0.186 e. The molecule has 0 atom stereocenters. The van der Waals surface area contributed by atoms with Crippen LogP contribution in [0.15, 0.2) is 29.5 Å². The minimum Gasteiger partial charge on any atom is -0.427 e. The predicted octanol–water partition coefficient (Wildman–Crippen LogP) is -0.503. The average molecular weight is 191 g/mol. The van der Waals surface area contributed by atoms with Gasteiger partial charge < -0.3 is 11.0 Å². The van der Waals surface area contributed by atoms with Crippen molar-refractivity contribution in [2.75, 3.05) is 0 Å². The average Bonchev–Trinajstić information content (AvgIpc) is 1.89. The summed E-state index contributed by atoms with van der Waals surface area (Å²) in [7, 11) is 0. The zero-order valence-corrected chi connectivity index (χ0v) is 8.40. The second-order valence-electron chi connectivity index (χ2n) is 1.53. The Kier molecular flexibility index (Phi) is 3.73. The van der Waals surface area contributed by atoms with Gasteiger partial charge in [-0.05, 0) is 12.1 Å². The molecule has 0 saturated heterocycles. The number of rotatable bonds is 0. The van der Waals surface area contributed by atoms with Crippen LogP contribution in [0.5, 0.6) is 0 Å². The van der Waals surface area contributed by atoms with Crippen LogP contribution in [-0.2, 0) is 19.5 Å². The van der Waals surface area contributed by atoms with E-state index in [9.17, 15) is 0 Å². The topological polar surface area (TPSA) is 63.5 Å². The van der Waals surface area contributed by atoms with Gasteiger partial charge in [0.1, 0.15) is 0 Å². The summed E-state index contributed by atoms with van der Waals surface area (Å²) in [6, 6.07) is 5.01. The molecule has 0 unspecified atom stereocenters. The first-order chi connectivity index (χ1) is 4.34. The van der Waals surface area contributed by atoms with Crippen molar-refractivity contribution in [3.8, 4) is 0 Å². The SMILES string of the molecule is NN=c1ccccn1O.[Zn]. The zero-order valence-electron chi connectivity index (χ0n) is 5.44. The van der Waals surface area contributed by atoms with E-state index in [0.29, 0.717) is 5.49 Å². The van der Waals surface area contributed by atoms with E-state index in [4.69, 9.17) is 11.0 Å². The van der Waals surface area contributed by atoms with E-state index < -0.39 is 0 Å². The summed E-state index contributed by atoms with van der Waals surface area (Å²) in [6.07, 6.45) is 1.45. The van der Waals surface area contributed by atoms with Crippen LogP contribution in [0.25, 0.3) is 0 Å². The third-order valence-electron chi connectivity index (χ3n) is 0.951. The molecule has 0 aromatic carbocycles. The molecule has 10 heavy (non-hydrogen) atoms. The maximum atomic E-state index is 8.85. The van der Waals surface area contributed by atoms with Crippen LogP contribution in [0.1, 0.15) is 0 Å². The number of aromatic nitrogens is 1. The van der Waals surface area contributed by atoms with Gasteiger partial charge in [-0.25, -0.2) is 0 Å². The van der Waals surface area contributed by atoms with Gasteiger partial charge in [0.05, 0.1) is 0 Å². The summed E-state index contributed by atoms with van der Waals surface area (Å²) < 4.78 is 0.847. The van der Waals surface area contributed by atoms with Gasteiger partial charge in [-0.1, -0.05) is 6.07 Å². The zero-order chi connectivity index (χ0) is 6.69. The van der Waals surface area contributed by atoms with E-state index in [1.807, 2.05) is 0 Å². The summed E-state index contributed by atoms with van der Waals surface area (Å²) in [5, 5.41) is 12.1. The minimum absolute atomic E-state index is 0. The molecular formula is C5H7N3OZn. The number of nitrogens with two attached hydrogens (primary N) is 1. The van der Waals surface area contributed by atoms with E-state index in [2.05, 4.69) is 5.10 Å². The van der Waals surface area contributed by atoms with Crippen molar-refractivity contribution in [1.29, 1.82) is 0 Å². The molecule has 0 radical (unpaired) electrons. The molecule has 0 saturated carbocycles. The van der Waals surface area contributed by atoms with Crippen LogP contribution in [0.2, 0.25) is 0 Å². The molecule has 3 N–H and O–H groups in total. The maximum Gasteiger partial charge on any atom is 0.186 e. The summed E-state index contributed by atoms with van der Waals surface area (Å²) in [6.45, 7) is 0. The maximum absolute atomic E-state index is 8.85. The fourth-order valence-corrected chi connectivity index (χ4v) is 0.528. The van der Waals surface area contributed by atoms with E-state index in [1.165, 1.54) is 6.20 Å². The summed E-state index contributed by atoms with van der Waals surface area (Å²) >= 11 is 0. The Morgan fingerprint density at radius 2 is 2.20 bits per heavy atom. The fraction of sp³-hybridized carbons (Fsp3) is 0. The summed E-state index contributed by atoms with van der Waals surface area (Å²) in [4.78, 5) is 0. The number of pyridine rings is 1. The predicted molar refractivity (Wildman–Crippen MR) is 31.4 cm³/mol. The summed E-state index contributed by atoms with van der Waals surface area (Å²) in [5.41, 5.74) is 0.331.